The molecule has 2 aromatic rings. The molecule has 1 aliphatic carbocycles. The van der Waals surface area contributed by atoms with Crippen molar-refractivity contribution < 1.29 is 17.9 Å². The molecule has 7 heteroatoms. The van der Waals surface area contributed by atoms with Crippen LogP contribution in [0, 0.1) is 5.92 Å². The topological polar surface area (TPSA) is 75.7 Å². The summed E-state index contributed by atoms with van der Waals surface area (Å²) in [5, 5.41) is 3.21. The van der Waals surface area contributed by atoms with Crippen molar-refractivity contribution in [2.45, 2.75) is 62.8 Å². The standard InChI is InChI=1S/C26H34N2O4S/c1-3-25(21-11-10-19-7-4-5-8-20(19)17-21)27-26(29)22-9-6-16-28(18-22)33(30,31)24-14-12-23(32-2)13-15-24/h10-15,17,22,25H,3-9,16,18H2,1-2H3,(H,27,29)/t22-,25-/m0/s1. The number of nitrogens with zero attached hydrogens (tertiary/aromatic N) is 1. The molecule has 2 atom stereocenters. The molecule has 33 heavy (non-hydrogen) atoms. The third-order valence-corrected chi connectivity index (χ3v) is 8.83. The number of hydrogen-bond acceptors (Lipinski definition) is 4. The summed E-state index contributed by atoms with van der Waals surface area (Å²) in [4.78, 5) is 13.4. The van der Waals surface area contributed by atoms with Gasteiger partial charge in [0, 0.05) is 13.1 Å². The van der Waals surface area contributed by atoms with E-state index in [2.05, 4.69) is 30.4 Å². The minimum atomic E-state index is -3.65. The molecule has 2 aliphatic rings. The lowest BCUT2D eigenvalue weighted by atomic mass is 9.88. The van der Waals surface area contributed by atoms with E-state index in [1.165, 1.54) is 28.3 Å². The molecule has 1 N–H and O–H groups in total. The van der Waals surface area contributed by atoms with E-state index < -0.39 is 10.0 Å². The molecular formula is C26H34N2O4S. The fourth-order valence-electron chi connectivity index (χ4n) is 4.95. The molecule has 1 aliphatic heterocycles. The maximum atomic E-state index is 13.2. The number of sulfonamides is 1. The minimum Gasteiger partial charge on any atom is -0.497 e. The van der Waals surface area contributed by atoms with Crippen LogP contribution in [-0.4, -0.2) is 38.8 Å². The molecule has 0 saturated carbocycles. The summed E-state index contributed by atoms with van der Waals surface area (Å²) in [6.07, 6.45) is 6.88. The number of rotatable bonds is 7. The predicted molar refractivity (Wildman–Crippen MR) is 129 cm³/mol. The fraction of sp³-hybridized carbons (Fsp3) is 0.500. The molecule has 1 amide bonds. The Kier molecular flexibility index (Phi) is 7.39. The number of piperidine rings is 1. The van der Waals surface area contributed by atoms with Crippen molar-refractivity contribution in [2.75, 3.05) is 20.2 Å². The number of nitrogens with one attached hydrogen (secondary N) is 1. The summed E-state index contributed by atoms with van der Waals surface area (Å²) in [5.74, 6) is 0.199. The number of ether oxygens (including phenoxy) is 1. The molecule has 0 aromatic heterocycles. The molecule has 4 rings (SSSR count). The summed E-state index contributed by atoms with van der Waals surface area (Å²) < 4.78 is 32.9. The Labute approximate surface area is 197 Å². The number of amides is 1. The SMILES string of the molecule is CC[C@H](NC(=O)[C@H]1CCCN(S(=O)(=O)c2ccc(OC)cc2)C1)c1ccc2c(c1)CCCC2. The van der Waals surface area contributed by atoms with Crippen molar-refractivity contribution >= 4 is 15.9 Å². The number of aryl methyl sites for hydroxylation is 2. The van der Waals surface area contributed by atoms with Gasteiger partial charge in [0.15, 0.2) is 0 Å². The lowest BCUT2D eigenvalue weighted by Crippen LogP contribution is -2.46. The van der Waals surface area contributed by atoms with Crippen LogP contribution in [0.1, 0.15) is 61.8 Å². The number of carbonyl (C=O) groups is 1. The van der Waals surface area contributed by atoms with E-state index in [0.717, 1.165) is 24.8 Å². The van der Waals surface area contributed by atoms with Crippen LogP contribution in [0.5, 0.6) is 5.75 Å². The zero-order valence-electron chi connectivity index (χ0n) is 19.5. The third kappa shape index (κ3) is 5.25. The van der Waals surface area contributed by atoms with Gasteiger partial charge in [-0.05, 0) is 85.9 Å². The van der Waals surface area contributed by atoms with Crippen molar-refractivity contribution in [3.8, 4) is 5.75 Å². The number of fused-ring (bicyclic) bond motifs is 1. The summed E-state index contributed by atoms with van der Waals surface area (Å²) in [7, 11) is -2.11. The van der Waals surface area contributed by atoms with Gasteiger partial charge in [0.25, 0.3) is 0 Å². The highest BCUT2D eigenvalue weighted by atomic mass is 32.2. The van der Waals surface area contributed by atoms with Crippen molar-refractivity contribution in [1.29, 1.82) is 0 Å². The third-order valence-electron chi connectivity index (χ3n) is 6.95. The van der Waals surface area contributed by atoms with E-state index in [0.29, 0.717) is 25.1 Å². The van der Waals surface area contributed by atoms with Gasteiger partial charge in [0.2, 0.25) is 15.9 Å². The molecule has 0 spiro atoms. The molecule has 0 unspecified atom stereocenters. The normalized spacial score (nSPS) is 20.0. The van der Waals surface area contributed by atoms with Crippen molar-refractivity contribution in [3.05, 3.63) is 59.2 Å². The maximum Gasteiger partial charge on any atom is 0.243 e. The van der Waals surface area contributed by atoms with Crippen molar-refractivity contribution in [3.63, 3.8) is 0 Å². The average Bonchev–Trinajstić information content (AvgIpc) is 2.87. The van der Waals surface area contributed by atoms with Gasteiger partial charge in [0.05, 0.1) is 24.0 Å². The summed E-state index contributed by atoms with van der Waals surface area (Å²) in [5.41, 5.74) is 3.98. The largest absolute Gasteiger partial charge is 0.497 e. The number of methoxy groups -OCH3 is 1. The van der Waals surface area contributed by atoms with E-state index in [1.54, 1.807) is 31.4 Å². The predicted octanol–water partition coefficient (Wildman–Crippen LogP) is 4.24. The van der Waals surface area contributed by atoms with E-state index >= 15 is 0 Å². The van der Waals surface area contributed by atoms with Gasteiger partial charge in [-0.15, -0.1) is 0 Å². The molecule has 178 valence electrons. The Morgan fingerprint density at radius 2 is 1.82 bits per heavy atom. The Balaban J connectivity index is 1.44. The van der Waals surface area contributed by atoms with Gasteiger partial charge in [-0.2, -0.15) is 4.31 Å². The van der Waals surface area contributed by atoms with Crippen LogP contribution < -0.4 is 10.1 Å². The van der Waals surface area contributed by atoms with E-state index in [1.807, 2.05) is 0 Å². The molecule has 0 radical (unpaired) electrons. The molecule has 0 bridgehead atoms. The fourth-order valence-corrected chi connectivity index (χ4v) is 6.48. The van der Waals surface area contributed by atoms with Crippen molar-refractivity contribution in [1.82, 2.24) is 9.62 Å². The first-order valence-corrected chi connectivity index (χ1v) is 13.4. The maximum absolute atomic E-state index is 13.2. The first kappa shape index (κ1) is 23.8. The van der Waals surface area contributed by atoms with Crippen LogP contribution in [0.2, 0.25) is 0 Å². The number of carbonyl (C=O) groups excluding carboxylic acids is 1. The second-order valence-corrected chi connectivity index (χ2v) is 11.0. The Hall–Kier alpha value is -2.38. The highest BCUT2D eigenvalue weighted by Crippen LogP contribution is 2.28. The molecule has 1 saturated heterocycles. The second kappa shape index (κ2) is 10.3. The first-order valence-electron chi connectivity index (χ1n) is 12.0. The van der Waals surface area contributed by atoms with Gasteiger partial charge in [-0.1, -0.05) is 25.1 Å². The zero-order chi connectivity index (χ0) is 23.4. The molecule has 6 nitrogen and oxygen atoms in total. The first-order chi connectivity index (χ1) is 15.9. The summed E-state index contributed by atoms with van der Waals surface area (Å²) >= 11 is 0. The van der Waals surface area contributed by atoms with Crippen LogP contribution in [0.25, 0.3) is 0 Å². The van der Waals surface area contributed by atoms with Crippen LogP contribution in [0.15, 0.2) is 47.4 Å². The average molecular weight is 471 g/mol. The van der Waals surface area contributed by atoms with E-state index in [9.17, 15) is 13.2 Å². The molecule has 1 fully saturated rings. The lowest BCUT2D eigenvalue weighted by molar-refractivity contribution is -0.126. The second-order valence-electron chi connectivity index (χ2n) is 9.08. The summed E-state index contributed by atoms with van der Waals surface area (Å²) in [6, 6.07) is 12.9. The van der Waals surface area contributed by atoms with Crippen LogP contribution in [0.4, 0.5) is 0 Å². The highest BCUT2D eigenvalue weighted by Gasteiger charge is 2.34. The van der Waals surface area contributed by atoms with Gasteiger partial charge in [-0.3, -0.25) is 4.79 Å². The number of benzene rings is 2. The summed E-state index contributed by atoms with van der Waals surface area (Å²) in [6.45, 7) is 2.71. The molecular weight excluding hydrogens is 436 g/mol. The van der Waals surface area contributed by atoms with Crippen molar-refractivity contribution in [2.24, 2.45) is 5.92 Å². The van der Waals surface area contributed by atoms with E-state index in [-0.39, 0.29) is 29.3 Å². The zero-order valence-corrected chi connectivity index (χ0v) is 20.4. The van der Waals surface area contributed by atoms with E-state index in [4.69, 9.17) is 4.74 Å². The Bertz CT molecular complexity index is 1080. The van der Waals surface area contributed by atoms with Gasteiger partial charge in [-0.25, -0.2) is 8.42 Å². The lowest BCUT2D eigenvalue weighted by Gasteiger charge is -2.32. The van der Waals surface area contributed by atoms with Gasteiger partial charge < -0.3 is 10.1 Å². The smallest absolute Gasteiger partial charge is 0.243 e. The minimum absolute atomic E-state index is 0.0571. The Morgan fingerprint density at radius 3 is 2.52 bits per heavy atom. The monoisotopic (exact) mass is 470 g/mol. The van der Waals surface area contributed by atoms with Crippen LogP contribution in [0.3, 0.4) is 0 Å². The number of hydrogen-bond donors (Lipinski definition) is 1. The van der Waals surface area contributed by atoms with Gasteiger partial charge >= 0.3 is 0 Å². The molecule has 1 heterocycles. The van der Waals surface area contributed by atoms with Crippen LogP contribution in [-0.2, 0) is 27.7 Å². The van der Waals surface area contributed by atoms with Gasteiger partial charge in [0.1, 0.15) is 5.75 Å². The Morgan fingerprint density at radius 1 is 1.09 bits per heavy atom. The van der Waals surface area contributed by atoms with Crippen LogP contribution >= 0.6 is 0 Å². The highest BCUT2D eigenvalue weighted by molar-refractivity contribution is 7.89. The quantitative estimate of drug-likeness (QED) is 0.657. The molecule has 2 aromatic carbocycles.